The average molecular weight is 335 g/mol. The third kappa shape index (κ3) is 2.78. The Hall–Kier alpha value is -2.66. The Morgan fingerprint density at radius 3 is 2.96 bits per heavy atom. The van der Waals surface area contributed by atoms with Crippen molar-refractivity contribution >= 4 is 33.0 Å². The lowest BCUT2D eigenvalue weighted by molar-refractivity contribution is -0.121. The summed E-state index contributed by atoms with van der Waals surface area (Å²) in [7, 11) is 0. The summed E-state index contributed by atoms with van der Waals surface area (Å²) in [5.41, 5.74) is 1.93. The summed E-state index contributed by atoms with van der Waals surface area (Å²) in [5.74, 6) is -0.0128. The Labute approximate surface area is 143 Å². The van der Waals surface area contributed by atoms with Gasteiger partial charge < -0.3 is 5.32 Å². The van der Waals surface area contributed by atoms with Crippen LogP contribution in [0.3, 0.4) is 0 Å². The molecule has 1 atom stereocenters. The van der Waals surface area contributed by atoms with E-state index >= 15 is 0 Å². The van der Waals surface area contributed by atoms with Gasteiger partial charge in [0.25, 0.3) is 0 Å². The first-order valence-electron chi connectivity index (χ1n) is 7.89. The van der Waals surface area contributed by atoms with Crippen molar-refractivity contribution in [2.24, 2.45) is 0 Å². The molecule has 4 aromatic rings. The molecule has 0 aliphatic carbocycles. The molecular weight excluding hydrogens is 318 g/mol. The number of thiazole rings is 1. The molecule has 4 rings (SSSR count). The van der Waals surface area contributed by atoms with Gasteiger partial charge in [-0.25, -0.2) is 4.98 Å². The molecule has 4 nitrogen and oxygen atoms in total. The maximum atomic E-state index is 12.4. The molecule has 1 N–H and O–H groups in total. The lowest BCUT2D eigenvalue weighted by Gasteiger charge is -2.16. The van der Waals surface area contributed by atoms with E-state index in [1.54, 1.807) is 11.3 Å². The number of rotatable bonds is 4. The van der Waals surface area contributed by atoms with Gasteiger partial charge in [0.2, 0.25) is 5.91 Å². The van der Waals surface area contributed by atoms with Gasteiger partial charge >= 0.3 is 0 Å². The van der Waals surface area contributed by atoms with Crippen molar-refractivity contribution in [1.82, 2.24) is 14.7 Å². The first kappa shape index (κ1) is 14.9. The second-order valence-electron chi connectivity index (χ2n) is 5.86. The van der Waals surface area contributed by atoms with Crippen LogP contribution in [0.4, 0.5) is 0 Å². The van der Waals surface area contributed by atoms with Crippen LogP contribution in [0.1, 0.15) is 24.2 Å². The SMILES string of the molecule is C[C@@H](NC(=O)Cc1cn2ccsc2n1)c1cccc2ccccc12. The van der Waals surface area contributed by atoms with Crippen LogP contribution in [0.2, 0.25) is 0 Å². The van der Waals surface area contributed by atoms with E-state index in [-0.39, 0.29) is 11.9 Å². The molecule has 120 valence electrons. The number of carbonyl (C=O) groups is 1. The van der Waals surface area contributed by atoms with Crippen molar-refractivity contribution in [2.45, 2.75) is 19.4 Å². The predicted octanol–water partition coefficient (Wildman–Crippen LogP) is 3.97. The largest absolute Gasteiger partial charge is 0.349 e. The highest BCUT2D eigenvalue weighted by Gasteiger charge is 2.14. The summed E-state index contributed by atoms with van der Waals surface area (Å²) in [6, 6.07) is 14.4. The number of hydrogen-bond acceptors (Lipinski definition) is 3. The molecular formula is C19H17N3OS. The topological polar surface area (TPSA) is 46.4 Å². The van der Waals surface area contributed by atoms with Gasteiger partial charge in [0, 0.05) is 17.8 Å². The number of hydrogen-bond donors (Lipinski definition) is 1. The zero-order valence-electron chi connectivity index (χ0n) is 13.3. The molecule has 2 heterocycles. The van der Waals surface area contributed by atoms with E-state index in [2.05, 4.69) is 34.6 Å². The maximum absolute atomic E-state index is 12.4. The number of imidazole rings is 1. The van der Waals surface area contributed by atoms with Crippen LogP contribution in [0, 0.1) is 0 Å². The first-order valence-corrected chi connectivity index (χ1v) is 8.77. The standard InChI is InChI=1S/C19H17N3OS/c1-13(16-8-4-6-14-5-2-3-7-17(14)16)20-18(23)11-15-12-22-9-10-24-19(22)21-15/h2-10,12-13H,11H2,1H3,(H,20,23)/t13-/m1/s1. The van der Waals surface area contributed by atoms with E-state index in [9.17, 15) is 4.79 Å². The summed E-state index contributed by atoms with van der Waals surface area (Å²) < 4.78 is 1.95. The van der Waals surface area contributed by atoms with Crippen molar-refractivity contribution < 1.29 is 4.79 Å². The summed E-state index contributed by atoms with van der Waals surface area (Å²) in [4.78, 5) is 17.8. The summed E-state index contributed by atoms with van der Waals surface area (Å²) in [5, 5.41) is 7.43. The number of amides is 1. The third-order valence-electron chi connectivity index (χ3n) is 4.15. The number of aromatic nitrogens is 2. The maximum Gasteiger partial charge on any atom is 0.226 e. The summed E-state index contributed by atoms with van der Waals surface area (Å²) in [6.45, 7) is 2.02. The van der Waals surface area contributed by atoms with Crippen LogP contribution >= 0.6 is 11.3 Å². The van der Waals surface area contributed by atoms with Crippen LogP contribution in [-0.4, -0.2) is 15.3 Å². The molecule has 0 unspecified atom stereocenters. The van der Waals surface area contributed by atoms with Crippen molar-refractivity contribution in [2.75, 3.05) is 0 Å². The summed E-state index contributed by atoms with van der Waals surface area (Å²) in [6.07, 6.45) is 4.16. The average Bonchev–Trinajstić information content (AvgIpc) is 3.15. The molecule has 0 aliphatic rings. The van der Waals surface area contributed by atoms with Gasteiger partial charge in [-0.05, 0) is 23.3 Å². The van der Waals surface area contributed by atoms with Crippen LogP contribution in [0.25, 0.3) is 15.7 Å². The van der Waals surface area contributed by atoms with E-state index in [4.69, 9.17) is 0 Å². The fraction of sp³-hybridized carbons (Fsp3) is 0.158. The van der Waals surface area contributed by atoms with Gasteiger partial charge in [-0.1, -0.05) is 42.5 Å². The van der Waals surface area contributed by atoms with E-state index in [0.29, 0.717) is 6.42 Å². The Bertz CT molecular complexity index is 984. The summed E-state index contributed by atoms with van der Waals surface area (Å²) >= 11 is 1.57. The number of carbonyl (C=O) groups excluding carboxylic acids is 1. The van der Waals surface area contributed by atoms with Crippen molar-refractivity contribution in [3.05, 3.63) is 71.5 Å². The minimum absolute atomic E-state index is 0.0128. The second kappa shape index (κ2) is 6.09. The molecule has 0 saturated heterocycles. The van der Waals surface area contributed by atoms with Gasteiger partial charge in [-0.3, -0.25) is 9.20 Å². The molecule has 5 heteroatoms. The number of fused-ring (bicyclic) bond motifs is 2. The Morgan fingerprint density at radius 1 is 1.25 bits per heavy atom. The minimum atomic E-state index is -0.0488. The highest BCUT2D eigenvalue weighted by molar-refractivity contribution is 7.15. The van der Waals surface area contributed by atoms with Gasteiger partial charge in [0.05, 0.1) is 18.2 Å². The van der Waals surface area contributed by atoms with Crippen molar-refractivity contribution in [1.29, 1.82) is 0 Å². The highest BCUT2D eigenvalue weighted by atomic mass is 32.1. The number of nitrogens with zero attached hydrogens (tertiary/aromatic N) is 2. The van der Waals surface area contributed by atoms with Gasteiger partial charge in [0.15, 0.2) is 4.96 Å². The molecule has 0 saturated carbocycles. The quantitative estimate of drug-likeness (QED) is 0.613. The zero-order valence-corrected chi connectivity index (χ0v) is 14.1. The van der Waals surface area contributed by atoms with Crippen molar-refractivity contribution in [3.8, 4) is 0 Å². The van der Waals surface area contributed by atoms with Crippen LogP contribution < -0.4 is 5.32 Å². The fourth-order valence-electron chi connectivity index (χ4n) is 3.02. The lowest BCUT2D eigenvalue weighted by Crippen LogP contribution is -2.28. The molecule has 24 heavy (non-hydrogen) atoms. The van der Waals surface area contributed by atoms with Crippen LogP contribution in [0.5, 0.6) is 0 Å². The van der Waals surface area contributed by atoms with Crippen LogP contribution in [-0.2, 0) is 11.2 Å². The number of benzene rings is 2. The molecule has 0 spiro atoms. The normalized spacial score (nSPS) is 12.5. The van der Waals surface area contributed by atoms with Crippen molar-refractivity contribution in [3.63, 3.8) is 0 Å². The first-order chi connectivity index (χ1) is 11.7. The molecule has 0 fully saturated rings. The van der Waals surface area contributed by atoms with Gasteiger partial charge in [-0.2, -0.15) is 0 Å². The fourth-order valence-corrected chi connectivity index (χ4v) is 3.74. The molecule has 0 aliphatic heterocycles. The Morgan fingerprint density at radius 2 is 2.08 bits per heavy atom. The lowest BCUT2D eigenvalue weighted by atomic mass is 9.99. The second-order valence-corrected chi connectivity index (χ2v) is 6.73. The van der Waals surface area contributed by atoms with E-state index in [0.717, 1.165) is 16.2 Å². The molecule has 2 aromatic heterocycles. The third-order valence-corrected chi connectivity index (χ3v) is 4.92. The predicted molar refractivity (Wildman–Crippen MR) is 97.3 cm³/mol. The Kier molecular flexibility index (Phi) is 3.78. The molecule has 1 amide bonds. The monoisotopic (exact) mass is 335 g/mol. The van der Waals surface area contributed by atoms with E-state index in [1.165, 1.54) is 10.8 Å². The van der Waals surface area contributed by atoms with Gasteiger partial charge in [-0.15, -0.1) is 11.3 Å². The van der Waals surface area contributed by atoms with Gasteiger partial charge in [0.1, 0.15) is 0 Å². The zero-order chi connectivity index (χ0) is 16.5. The van der Waals surface area contributed by atoms with E-state index in [1.807, 2.05) is 47.3 Å². The number of nitrogens with one attached hydrogen (secondary N) is 1. The molecule has 0 radical (unpaired) electrons. The Balaban J connectivity index is 1.51. The smallest absolute Gasteiger partial charge is 0.226 e. The van der Waals surface area contributed by atoms with E-state index < -0.39 is 0 Å². The van der Waals surface area contributed by atoms with Crippen LogP contribution in [0.15, 0.2) is 60.2 Å². The highest BCUT2D eigenvalue weighted by Crippen LogP contribution is 2.24. The minimum Gasteiger partial charge on any atom is -0.349 e. The molecule has 2 aromatic carbocycles. The molecule has 0 bridgehead atoms.